The lowest BCUT2D eigenvalue weighted by Crippen LogP contribution is -2.27. The van der Waals surface area contributed by atoms with E-state index in [0.29, 0.717) is 18.8 Å². The molecule has 0 amide bonds. The largest absolute Gasteiger partial charge is 0.381 e. The van der Waals surface area contributed by atoms with Crippen LogP contribution in [0.5, 0.6) is 0 Å². The molecule has 7 heteroatoms. The monoisotopic (exact) mass is 322 g/mol. The van der Waals surface area contributed by atoms with Gasteiger partial charge < -0.3 is 9.26 Å². The number of nitrogens with one attached hydrogen (secondary N) is 1. The van der Waals surface area contributed by atoms with Crippen molar-refractivity contribution in [2.24, 2.45) is 5.92 Å². The van der Waals surface area contributed by atoms with Gasteiger partial charge in [-0.05, 0) is 24.3 Å². The van der Waals surface area contributed by atoms with Crippen molar-refractivity contribution >= 4 is 15.9 Å². The summed E-state index contributed by atoms with van der Waals surface area (Å²) < 4.78 is 37.5. The zero-order chi connectivity index (χ0) is 15.4. The van der Waals surface area contributed by atoms with Gasteiger partial charge in [-0.3, -0.25) is 4.72 Å². The molecule has 1 N–H and O–H groups in total. The molecule has 2 heterocycles. The second-order valence-corrected chi connectivity index (χ2v) is 7.14. The van der Waals surface area contributed by atoms with Crippen molar-refractivity contribution in [3.8, 4) is 11.1 Å². The highest BCUT2D eigenvalue weighted by atomic mass is 32.2. The van der Waals surface area contributed by atoms with Crippen LogP contribution >= 0.6 is 0 Å². The number of ether oxygens (including phenoxy) is 1. The SMILES string of the molecule is O=S(=O)(CC1CCOCC1)Nc1oncc1-c1ccccc1. The van der Waals surface area contributed by atoms with Crippen molar-refractivity contribution in [3.05, 3.63) is 36.5 Å². The Bertz CT molecular complexity index is 706. The van der Waals surface area contributed by atoms with Crippen molar-refractivity contribution in [1.29, 1.82) is 0 Å². The Labute approximate surface area is 129 Å². The average molecular weight is 322 g/mol. The van der Waals surface area contributed by atoms with Crippen LogP contribution in [0.2, 0.25) is 0 Å². The lowest BCUT2D eigenvalue weighted by atomic mass is 10.0. The summed E-state index contributed by atoms with van der Waals surface area (Å²) in [4.78, 5) is 0. The minimum atomic E-state index is -3.47. The van der Waals surface area contributed by atoms with E-state index in [1.54, 1.807) is 0 Å². The van der Waals surface area contributed by atoms with E-state index in [4.69, 9.17) is 9.26 Å². The molecule has 2 aromatic rings. The van der Waals surface area contributed by atoms with Crippen molar-refractivity contribution in [2.45, 2.75) is 12.8 Å². The van der Waals surface area contributed by atoms with E-state index in [2.05, 4.69) is 9.88 Å². The summed E-state index contributed by atoms with van der Waals surface area (Å²) in [7, 11) is -3.47. The summed E-state index contributed by atoms with van der Waals surface area (Å²) in [5.74, 6) is 0.360. The smallest absolute Gasteiger partial charge is 0.245 e. The molecular formula is C15H18N2O4S. The summed E-state index contributed by atoms with van der Waals surface area (Å²) >= 11 is 0. The zero-order valence-corrected chi connectivity index (χ0v) is 12.9. The Morgan fingerprint density at radius 2 is 1.91 bits per heavy atom. The van der Waals surface area contributed by atoms with E-state index >= 15 is 0 Å². The fourth-order valence-electron chi connectivity index (χ4n) is 2.54. The third-order valence-corrected chi connectivity index (χ3v) is 5.11. The van der Waals surface area contributed by atoms with E-state index in [9.17, 15) is 8.42 Å². The van der Waals surface area contributed by atoms with Crippen LogP contribution in [0.25, 0.3) is 11.1 Å². The molecule has 0 atom stereocenters. The van der Waals surface area contributed by atoms with Gasteiger partial charge >= 0.3 is 0 Å². The Morgan fingerprint density at radius 1 is 1.18 bits per heavy atom. The molecular weight excluding hydrogens is 304 g/mol. The first kappa shape index (κ1) is 15.1. The topological polar surface area (TPSA) is 81.4 Å². The molecule has 1 aromatic heterocycles. The van der Waals surface area contributed by atoms with Gasteiger partial charge in [-0.25, -0.2) is 8.42 Å². The van der Waals surface area contributed by atoms with Crippen LogP contribution in [0, 0.1) is 5.92 Å². The van der Waals surface area contributed by atoms with Crippen molar-refractivity contribution in [3.63, 3.8) is 0 Å². The first-order chi connectivity index (χ1) is 10.6. The molecule has 1 aliphatic heterocycles. The maximum absolute atomic E-state index is 12.3. The van der Waals surface area contributed by atoms with Gasteiger partial charge in [-0.1, -0.05) is 35.5 Å². The molecule has 1 aliphatic rings. The minimum Gasteiger partial charge on any atom is -0.381 e. The number of hydrogen-bond acceptors (Lipinski definition) is 5. The number of hydrogen-bond donors (Lipinski definition) is 1. The molecule has 22 heavy (non-hydrogen) atoms. The molecule has 0 unspecified atom stereocenters. The molecule has 118 valence electrons. The Balaban J connectivity index is 1.74. The number of rotatable bonds is 5. The van der Waals surface area contributed by atoms with E-state index < -0.39 is 10.0 Å². The second kappa shape index (κ2) is 6.50. The molecule has 3 rings (SSSR count). The standard InChI is InChI=1S/C15H18N2O4S/c18-22(19,11-12-6-8-20-9-7-12)17-15-14(10-16-21-15)13-4-2-1-3-5-13/h1-5,10,12,17H,6-9,11H2. The normalized spacial score (nSPS) is 16.5. The van der Waals surface area contributed by atoms with E-state index in [1.807, 2.05) is 30.3 Å². The van der Waals surface area contributed by atoms with Gasteiger partial charge in [0.2, 0.25) is 15.9 Å². The van der Waals surface area contributed by atoms with Crippen LogP contribution in [0.4, 0.5) is 5.88 Å². The summed E-state index contributed by atoms with van der Waals surface area (Å²) in [5, 5.41) is 3.71. The van der Waals surface area contributed by atoms with Gasteiger partial charge in [-0.2, -0.15) is 0 Å². The number of anilines is 1. The predicted octanol–water partition coefficient (Wildman–Crippen LogP) is 2.51. The van der Waals surface area contributed by atoms with Gasteiger partial charge in [0.1, 0.15) is 0 Å². The fraction of sp³-hybridized carbons (Fsp3) is 0.400. The lowest BCUT2D eigenvalue weighted by Gasteiger charge is -2.21. The predicted molar refractivity (Wildman–Crippen MR) is 82.9 cm³/mol. The molecule has 6 nitrogen and oxygen atoms in total. The highest BCUT2D eigenvalue weighted by Gasteiger charge is 2.24. The summed E-state index contributed by atoms with van der Waals surface area (Å²) in [6.45, 7) is 1.25. The molecule has 0 saturated carbocycles. The highest BCUT2D eigenvalue weighted by molar-refractivity contribution is 7.92. The Kier molecular flexibility index (Phi) is 4.44. The van der Waals surface area contributed by atoms with Crippen LogP contribution in [0.1, 0.15) is 12.8 Å². The van der Waals surface area contributed by atoms with Crippen molar-refractivity contribution in [2.75, 3.05) is 23.7 Å². The number of aromatic nitrogens is 1. The molecule has 1 saturated heterocycles. The van der Waals surface area contributed by atoms with Gasteiger partial charge in [0.15, 0.2) is 0 Å². The molecule has 0 spiro atoms. The van der Waals surface area contributed by atoms with Crippen molar-refractivity contribution in [1.82, 2.24) is 5.16 Å². The van der Waals surface area contributed by atoms with Crippen LogP contribution in [0.3, 0.4) is 0 Å². The van der Waals surface area contributed by atoms with Gasteiger partial charge in [0.25, 0.3) is 0 Å². The maximum atomic E-state index is 12.3. The zero-order valence-electron chi connectivity index (χ0n) is 12.1. The number of nitrogens with zero attached hydrogens (tertiary/aromatic N) is 1. The van der Waals surface area contributed by atoms with Gasteiger partial charge in [-0.15, -0.1) is 0 Å². The third-order valence-electron chi connectivity index (χ3n) is 3.70. The van der Waals surface area contributed by atoms with Gasteiger partial charge in [0.05, 0.1) is 17.5 Å². The van der Waals surface area contributed by atoms with Crippen LogP contribution in [-0.2, 0) is 14.8 Å². The van der Waals surface area contributed by atoms with Crippen LogP contribution in [-0.4, -0.2) is 32.5 Å². The van der Waals surface area contributed by atoms with Crippen LogP contribution < -0.4 is 4.72 Å². The van der Waals surface area contributed by atoms with Crippen LogP contribution in [0.15, 0.2) is 41.1 Å². The maximum Gasteiger partial charge on any atom is 0.245 e. The minimum absolute atomic E-state index is 0.0747. The average Bonchev–Trinajstić information content (AvgIpc) is 2.96. The number of benzene rings is 1. The van der Waals surface area contributed by atoms with E-state index in [1.165, 1.54) is 6.20 Å². The molecule has 0 aliphatic carbocycles. The van der Waals surface area contributed by atoms with Crippen molar-refractivity contribution < 1.29 is 17.7 Å². The van der Waals surface area contributed by atoms with E-state index in [0.717, 1.165) is 18.4 Å². The Hall–Kier alpha value is -1.86. The third kappa shape index (κ3) is 3.66. The second-order valence-electron chi connectivity index (χ2n) is 5.37. The summed E-state index contributed by atoms with van der Waals surface area (Å²) in [5.41, 5.74) is 1.49. The summed E-state index contributed by atoms with van der Waals surface area (Å²) in [6.07, 6.45) is 3.05. The quantitative estimate of drug-likeness (QED) is 0.914. The number of sulfonamides is 1. The molecule has 1 fully saturated rings. The molecule has 1 aromatic carbocycles. The fourth-order valence-corrected chi connectivity index (χ4v) is 4.01. The first-order valence-electron chi connectivity index (χ1n) is 7.22. The Morgan fingerprint density at radius 3 is 2.64 bits per heavy atom. The lowest BCUT2D eigenvalue weighted by molar-refractivity contribution is 0.0724. The molecule has 0 radical (unpaired) electrons. The molecule has 0 bridgehead atoms. The van der Waals surface area contributed by atoms with Gasteiger partial charge in [0, 0.05) is 13.2 Å². The summed E-state index contributed by atoms with van der Waals surface area (Å²) in [6, 6.07) is 9.41. The highest BCUT2D eigenvalue weighted by Crippen LogP contribution is 2.28. The van der Waals surface area contributed by atoms with E-state index in [-0.39, 0.29) is 17.6 Å². The first-order valence-corrected chi connectivity index (χ1v) is 8.87.